The van der Waals surface area contributed by atoms with Gasteiger partial charge in [0.05, 0.1) is 16.7 Å². The van der Waals surface area contributed by atoms with Crippen LogP contribution in [0.2, 0.25) is 5.02 Å². The van der Waals surface area contributed by atoms with Crippen molar-refractivity contribution in [3.63, 3.8) is 0 Å². The number of benzene rings is 2. The van der Waals surface area contributed by atoms with Crippen LogP contribution in [0.15, 0.2) is 59.3 Å². The fourth-order valence-corrected chi connectivity index (χ4v) is 3.03. The third-order valence-electron chi connectivity index (χ3n) is 3.91. The molecule has 0 aliphatic heterocycles. The zero-order valence-electron chi connectivity index (χ0n) is 12.8. The van der Waals surface area contributed by atoms with E-state index in [0.717, 1.165) is 22.5 Å². The highest BCUT2D eigenvalue weighted by molar-refractivity contribution is 6.33. The van der Waals surface area contributed by atoms with Gasteiger partial charge in [-0.2, -0.15) is 5.26 Å². The summed E-state index contributed by atoms with van der Waals surface area (Å²) in [4.78, 5) is 4.74. The van der Waals surface area contributed by atoms with Crippen LogP contribution in [0.1, 0.15) is 11.1 Å². The van der Waals surface area contributed by atoms with Crippen molar-refractivity contribution in [2.45, 2.75) is 6.92 Å². The van der Waals surface area contributed by atoms with Crippen LogP contribution >= 0.6 is 11.6 Å². The molecule has 5 heteroatoms. The van der Waals surface area contributed by atoms with Crippen molar-refractivity contribution < 1.29 is 4.42 Å². The van der Waals surface area contributed by atoms with Gasteiger partial charge in [-0.1, -0.05) is 23.7 Å². The summed E-state index contributed by atoms with van der Waals surface area (Å²) >= 11 is 6.40. The van der Waals surface area contributed by atoms with E-state index in [2.05, 4.69) is 6.07 Å². The van der Waals surface area contributed by atoms with E-state index in [1.165, 1.54) is 0 Å². The molecule has 116 valence electrons. The molecule has 0 bridgehead atoms. The summed E-state index contributed by atoms with van der Waals surface area (Å²) in [6, 6.07) is 15.3. The van der Waals surface area contributed by atoms with E-state index in [1.807, 2.05) is 47.9 Å². The number of hydrogen-bond donors (Lipinski definition) is 0. The number of nitrogens with zero attached hydrogens (tertiary/aromatic N) is 3. The van der Waals surface area contributed by atoms with Gasteiger partial charge < -0.3 is 4.42 Å². The first-order valence-corrected chi connectivity index (χ1v) is 7.78. The van der Waals surface area contributed by atoms with Gasteiger partial charge in [-0.15, -0.1) is 0 Å². The molecule has 0 aliphatic rings. The Kier molecular flexibility index (Phi) is 3.37. The number of rotatable bonds is 2. The summed E-state index contributed by atoms with van der Waals surface area (Å²) in [5.74, 6) is 0.745. The van der Waals surface area contributed by atoms with E-state index in [-0.39, 0.29) is 0 Å². The second kappa shape index (κ2) is 5.55. The fraction of sp³-hybridized carbons (Fsp3) is 0.0526. The van der Waals surface area contributed by atoms with Crippen LogP contribution in [0.3, 0.4) is 0 Å². The van der Waals surface area contributed by atoms with E-state index < -0.39 is 0 Å². The highest BCUT2D eigenvalue weighted by Gasteiger charge is 2.18. The smallest absolute Gasteiger partial charge is 0.231 e. The topological polar surface area (TPSA) is 54.2 Å². The Morgan fingerprint density at radius 1 is 1.17 bits per heavy atom. The van der Waals surface area contributed by atoms with Crippen LogP contribution in [0.5, 0.6) is 0 Å². The van der Waals surface area contributed by atoms with Crippen LogP contribution in [-0.4, -0.2) is 9.38 Å². The lowest BCUT2D eigenvalue weighted by atomic mass is 10.1. The third-order valence-corrected chi connectivity index (χ3v) is 4.22. The average Bonchev–Trinajstić information content (AvgIpc) is 3.18. The first-order valence-electron chi connectivity index (χ1n) is 7.40. The largest absolute Gasteiger partial charge is 0.444 e. The van der Waals surface area contributed by atoms with Crippen molar-refractivity contribution in [2.75, 3.05) is 0 Å². The summed E-state index contributed by atoms with van der Waals surface area (Å²) < 4.78 is 7.51. The molecule has 0 amide bonds. The maximum absolute atomic E-state index is 8.94. The van der Waals surface area contributed by atoms with Gasteiger partial charge in [0.15, 0.2) is 0 Å². The molecule has 0 aliphatic carbocycles. The van der Waals surface area contributed by atoms with Crippen LogP contribution in [0, 0.1) is 18.3 Å². The minimum Gasteiger partial charge on any atom is -0.444 e. The van der Waals surface area contributed by atoms with E-state index in [4.69, 9.17) is 26.3 Å². The second-order valence-electron chi connectivity index (χ2n) is 5.53. The van der Waals surface area contributed by atoms with Crippen LogP contribution < -0.4 is 0 Å². The molecule has 0 fully saturated rings. The predicted octanol–water partition coefficient (Wildman–Crippen LogP) is 5.09. The lowest BCUT2D eigenvalue weighted by Crippen LogP contribution is -1.86. The molecular formula is C19H12ClN3O. The molecule has 24 heavy (non-hydrogen) atoms. The Labute approximate surface area is 143 Å². The highest BCUT2D eigenvalue weighted by Crippen LogP contribution is 2.34. The zero-order valence-corrected chi connectivity index (χ0v) is 13.6. The highest BCUT2D eigenvalue weighted by atomic mass is 35.5. The molecule has 0 saturated carbocycles. The first kappa shape index (κ1) is 14.6. The number of oxazole rings is 1. The molecule has 0 atom stereocenters. The van der Waals surface area contributed by atoms with Crippen molar-refractivity contribution in [3.8, 4) is 28.7 Å². The number of halogens is 1. The number of aromatic nitrogens is 2. The third kappa shape index (κ3) is 2.27. The van der Waals surface area contributed by atoms with E-state index in [0.29, 0.717) is 22.0 Å². The molecule has 2 aromatic carbocycles. The van der Waals surface area contributed by atoms with Crippen LogP contribution in [0.4, 0.5) is 0 Å². The molecule has 0 spiro atoms. The molecule has 0 N–H and O–H groups in total. The van der Waals surface area contributed by atoms with Gasteiger partial charge in [-0.3, -0.25) is 4.40 Å². The van der Waals surface area contributed by atoms with Gasteiger partial charge in [-0.05, 0) is 42.8 Å². The fourth-order valence-electron chi connectivity index (χ4n) is 2.71. The minimum atomic E-state index is 0.612. The molecule has 2 heterocycles. The lowest BCUT2D eigenvalue weighted by molar-refractivity contribution is 0.609. The van der Waals surface area contributed by atoms with Crippen LogP contribution in [0.25, 0.3) is 28.4 Å². The molecule has 4 rings (SSSR count). The number of imidazole rings is 1. The maximum Gasteiger partial charge on any atom is 0.231 e. The SMILES string of the molecule is Cc1ccc(-c2nc(-c3ccc(C#N)cc3)n3ccoc23)c(Cl)c1. The molecule has 4 aromatic rings. The summed E-state index contributed by atoms with van der Waals surface area (Å²) in [5, 5.41) is 9.58. The molecule has 2 aromatic heterocycles. The number of fused-ring (bicyclic) bond motifs is 1. The first-order chi connectivity index (χ1) is 11.7. The van der Waals surface area contributed by atoms with Gasteiger partial charge in [0, 0.05) is 17.3 Å². The number of hydrogen-bond acceptors (Lipinski definition) is 3. The quantitative estimate of drug-likeness (QED) is 0.513. The van der Waals surface area contributed by atoms with Crippen molar-refractivity contribution in [1.29, 1.82) is 5.26 Å². The minimum absolute atomic E-state index is 0.612. The Morgan fingerprint density at radius 3 is 2.67 bits per heavy atom. The van der Waals surface area contributed by atoms with Gasteiger partial charge in [0.2, 0.25) is 5.71 Å². The normalized spacial score (nSPS) is 10.9. The van der Waals surface area contributed by atoms with Gasteiger partial charge in [0.1, 0.15) is 17.8 Å². The summed E-state index contributed by atoms with van der Waals surface area (Å²) in [7, 11) is 0. The van der Waals surface area contributed by atoms with E-state index in [1.54, 1.807) is 18.4 Å². The van der Waals surface area contributed by atoms with Gasteiger partial charge in [0.25, 0.3) is 0 Å². The monoisotopic (exact) mass is 333 g/mol. The Hall–Kier alpha value is -3.03. The summed E-state index contributed by atoms with van der Waals surface area (Å²) in [6.07, 6.45) is 3.44. The summed E-state index contributed by atoms with van der Waals surface area (Å²) in [6.45, 7) is 1.99. The van der Waals surface area contributed by atoms with Crippen molar-refractivity contribution in [2.24, 2.45) is 0 Å². The van der Waals surface area contributed by atoms with Gasteiger partial charge >= 0.3 is 0 Å². The zero-order chi connectivity index (χ0) is 16.7. The number of aryl methyl sites for hydroxylation is 1. The molecular weight excluding hydrogens is 322 g/mol. The van der Waals surface area contributed by atoms with Gasteiger partial charge in [-0.25, -0.2) is 4.98 Å². The predicted molar refractivity (Wildman–Crippen MR) is 92.8 cm³/mol. The van der Waals surface area contributed by atoms with E-state index in [9.17, 15) is 0 Å². The van der Waals surface area contributed by atoms with E-state index >= 15 is 0 Å². The molecule has 0 saturated heterocycles. The van der Waals surface area contributed by atoms with Crippen molar-refractivity contribution >= 4 is 17.3 Å². The molecule has 0 radical (unpaired) electrons. The van der Waals surface area contributed by atoms with Crippen molar-refractivity contribution in [1.82, 2.24) is 9.38 Å². The second-order valence-corrected chi connectivity index (χ2v) is 5.94. The Bertz CT molecular complexity index is 1080. The molecule has 4 nitrogen and oxygen atoms in total. The Morgan fingerprint density at radius 2 is 1.96 bits per heavy atom. The van der Waals surface area contributed by atoms with Crippen LogP contribution in [-0.2, 0) is 0 Å². The van der Waals surface area contributed by atoms with Crippen molar-refractivity contribution in [3.05, 3.63) is 71.1 Å². The lowest BCUT2D eigenvalue weighted by Gasteiger charge is -2.01. The standard InChI is InChI=1S/C19H12ClN3O/c1-12-2-7-15(16(20)10-12)17-19-23(8-9-24-19)18(22-17)14-5-3-13(11-21)4-6-14/h2-10H,1H3. The number of nitriles is 1. The summed E-state index contributed by atoms with van der Waals surface area (Å²) in [5.41, 5.74) is 4.77. The Balaban J connectivity index is 1.93. The average molecular weight is 334 g/mol. The maximum atomic E-state index is 8.94. The molecule has 0 unspecified atom stereocenters.